The number of halogens is 6. The first kappa shape index (κ1) is 26.4. The van der Waals surface area contributed by atoms with E-state index in [1.165, 1.54) is 0 Å². The minimum atomic E-state index is -4.59. The number of pyridine rings is 2. The quantitative estimate of drug-likeness (QED) is 0.495. The van der Waals surface area contributed by atoms with Crippen LogP contribution in [0.4, 0.5) is 26.3 Å². The number of ether oxygens (including phenoxy) is 2. The summed E-state index contributed by atoms with van der Waals surface area (Å²) in [6.07, 6.45) is -7.35. The second-order valence-corrected chi connectivity index (χ2v) is 6.58. The standard InChI is InChI=1S/C20H18F6N4O4/c1-12(30-18(32)11-34-14-3-5-16(29-9-14)20(24,25)26)6-7-27-17(31)10-33-13-2-4-15(28-8-13)19(21,22)23/h2-5,8-9H,1,6-7,10-11H2,(H,27,31)(H,30,32). The van der Waals surface area contributed by atoms with Gasteiger partial charge in [0.25, 0.3) is 11.8 Å². The Morgan fingerprint density at radius 3 is 1.71 bits per heavy atom. The van der Waals surface area contributed by atoms with E-state index >= 15 is 0 Å². The highest BCUT2D eigenvalue weighted by atomic mass is 19.4. The first-order chi connectivity index (χ1) is 15.8. The number of carbonyl (C=O) groups excluding carboxylic acids is 2. The molecule has 2 heterocycles. The summed E-state index contributed by atoms with van der Waals surface area (Å²) in [5.41, 5.74) is -1.96. The van der Waals surface area contributed by atoms with Gasteiger partial charge in [0, 0.05) is 18.7 Å². The van der Waals surface area contributed by atoms with Crippen LogP contribution < -0.4 is 20.1 Å². The smallest absolute Gasteiger partial charge is 0.433 e. The number of nitrogens with one attached hydrogen (secondary N) is 2. The van der Waals surface area contributed by atoms with Gasteiger partial charge in [0.15, 0.2) is 13.2 Å². The average molecular weight is 492 g/mol. The molecule has 0 unspecified atom stereocenters. The zero-order valence-electron chi connectivity index (χ0n) is 17.3. The maximum Gasteiger partial charge on any atom is 0.433 e. The van der Waals surface area contributed by atoms with Crippen molar-refractivity contribution in [1.82, 2.24) is 20.6 Å². The molecule has 0 aliphatic carbocycles. The van der Waals surface area contributed by atoms with Crippen LogP contribution in [-0.2, 0) is 21.9 Å². The van der Waals surface area contributed by atoms with Crippen LogP contribution in [0.2, 0.25) is 0 Å². The maximum absolute atomic E-state index is 12.5. The van der Waals surface area contributed by atoms with Crippen LogP contribution >= 0.6 is 0 Å². The molecule has 0 aliphatic rings. The lowest BCUT2D eigenvalue weighted by atomic mass is 10.3. The summed E-state index contributed by atoms with van der Waals surface area (Å²) in [6.45, 7) is 2.69. The van der Waals surface area contributed by atoms with E-state index in [0.717, 1.165) is 30.6 Å². The molecule has 34 heavy (non-hydrogen) atoms. The molecule has 14 heteroatoms. The molecule has 0 atom stereocenters. The van der Waals surface area contributed by atoms with Crippen molar-refractivity contribution in [3.05, 3.63) is 60.3 Å². The van der Waals surface area contributed by atoms with Gasteiger partial charge >= 0.3 is 12.4 Å². The first-order valence-corrected chi connectivity index (χ1v) is 9.41. The summed E-state index contributed by atoms with van der Waals surface area (Å²) in [7, 11) is 0. The number of alkyl halides is 6. The normalized spacial score (nSPS) is 11.5. The van der Waals surface area contributed by atoms with E-state index in [1.807, 2.05) is 0 Å². The first-order valence-electron chi connectivity index (χ1n) is 9.41. The van der Waals surface area contributed by atoms with Gasteiger partial charge in [-0.05, 0) is 24.3 Å². The lowest BCUT2D eigenvalue weighted by Gasteiger charge is -2.11. The van der Waals surface area contributed by atoms with Crippen molar-refractivity contribution < 1.29 is 45.4 Å². The van der Waals surface area contributed by atoms with Crippen LogP contribution in [0, 0.1) is 0 Å². The van der Waals surface area contributed by atoms with E-state index in [1.54, 1.807) is 0 Å². The molecular formula is C20H18F6N4O4. The van der Waals surface area contributed by atoms with Gasteiger partial charge in [0.05, 0.1) is 12.4 Å². The largest absolute Gasteiger partial charge is 0.482 e. The van der Waals surface area contributed by atoms with E-state index in [4.69, 9.17) is 9.47 Å². The van der Waals surface area contributed by atoms with Crippen molar-refractivity contribution in [2.75, 3.05) is 19.8 Å². The molecule has 184 valence electrons. The Balaban J connectivity index is 1.63. The predicted molar refractivity (Wildman–Crippen MR) is 104 cm³/mol. The van der Waals surface area contributed by atoms with E-state index < -0.39 is 48.8 Å². The van der Waals surface area contributed by atoms with Crippen molar-refractivity contribution in [3.8, 4) is 11.5 Å². The monoisotopic (exact) mass is 492 g/mol. The Bertz CT molecular complexity index is 992. The average Bonchev–Trinajstić information content (AvgIpc) is 2.75. The van der Waals surface area contributed by atoms with Crippen molar-refractivity contribution in [1.29, 1.82) is 0 Å². The number of carbonyl (C=O) groups is 2. The zero-order chi connectivity index (χ0) is 25.4. The van der Waals surface area contributed by atoms with E-state index in [0.29, 0.717) is 6.07 Å². The number of hydrogen-bond donors (Lipinski definition) is 2. The van der Waals surface area contributed by atoms with Gasteiger partial charge in [-0.15, -0.1) is 0 Å². The fraction of sp³-hybridized carbons (Fsp3) is 0.300. The molecule has 2 rings (SSSR count). The molecule has 0 saturated heterocycles. The second kappa shape index (κ2) is 11.3. The third-order valence-electron chi connectivity index (χ3n) is 3.86. The number of rotatable bonds is 10. The van der Waals surface area contributed by atoms with Crippen molar-refractivity contribution in [3.63, 3.8) is 0 Å². The third-order valence-corrected chi connectivity index (χ3v) is 3.86. The van der Waals surface area contributed by atoms with Crippen molar-refractivity contribution >= 4 is 11.8 Å². The van der Waals surface area contributed by atoms with E-state index in [2.05, 4.69) is 27.2 Å². The molecule has 2 aromatic rings. The molecule has 0 spiro atoms. The molecule has 0 aromatic carbocycles. The Hall–Kier alpha value is -3.84. The van der Waals surface area contributed by atoms with Crippen LogP contribution in [-0.4, -0.2) is 41.5 Å². The predicted octanol–water partition coefficient (Wildman–Crippen LogP) is 3.11. The van der Waals surface area contributed by atoms with Gasteiger partial charge in [-0.2, -0.15) is 26.3 Å². The SMILES string of the molecule is C=C(CCNC(=O)COc1ccc(C(F)(F)F)nc1)NC(=O)COc1ccc(C(F)(F)F)nc1. The van der Waals surface area contributed by atoms with Crippen LogP contribution in [0.15, 0.2) is 48.9 Å². The molecule has 0 aliphatic heterocycles. The Kier molecular flexibility index (Phi) is 8.81. The van der Waals surface area contributed by atoms with Crippen LogP contribution in [0.25, 0.3) is 0 Å². The zero-order valence-corrected chi connectivity index (χ0v) is 17.3. The summed E-state index contributed by atoms with van der Waals surface area (Å²) < 4.78 is 84.8. The molecular weight excluding hydrogens is 474 g/mol. The lowest BCUT2D eigenvalue weighted by molar-refractivity contribution is -0.142. The van der Waals surface area contributed by atoms with Crippen LogP contribution in [0.3, 0.4) is 0 Å². The van der Waals surface area contributed by atoms with Crippen molar-refractivity contribution in [2.45, 2.75) is 18.8 Å². The molecule has 2 aromatic heterocycles. The van der Waals surface area contributed by atoms with Crippen LogP contribution in [0.5, 0.6) is 11.5 Å². The summed E-state index contributed by atoms with van der Waals surface area (Å²) in [6, 6.07) is 3.49. The van der Waals surface area contributed by atoms with Gasteiger partial charge in [-0.25, -0.2) is 9.97 Å². The maximum atomic E-state index is 12.5. The fourth-order valence-electron chi connectivity index (χ4n) is 2.26. The summed E-state index contributed by atoms with van der Waals surface area (Å²) >= 11 is 0. The summed E-state index contributed by atoms with van der Waals surface area (Å²) in [4.78, 5) is 29.9. The molecule has 0 bridgehead atoms. The molecule has 0 saturated carbocycles. The number of hydrogen-bond acceptors (Lipinski definition) is 6. The highest BCUT2D eigenvalue weighted by Crippen LogP contribution is 2.29. The molecule has 8 nitrogen and oxygen atoms in total. The Morgan fingerprint density at radius 2 is 1.29 bits per heavy atom. The van der Waals surface area contributed by atoms with Gasteiger partial charge in [0.2, 0.25) is 0 Å². The van der Waals surface area contributed by atoms with Crippen LogP contribution in [0.1, 0.15) is 17.8 Å². The van der Waals surface area contributed by atoms with E-state index in [-0.39, 0.29) is 30.2 Å². The number of amides is 2. The minimum absolute atomic E-state index is 0.0249. The second-order valence-electron chi connectivity index (χ2n) is 6.58. The molecule has 2 N–H and O–H groups in total. The Labute approximate surface area is 189 Å². The third kappa shape index (κ3) is 8.96. The molecule has 2 amide bonds. The van der Waals surface area contributed by atoms with Gasteiger partial charge in [0.1, 0.15) is 22.9 Å². The number of aromatic nitrogens is 2. The van der Waals surface area contributed by atoms with Crippen molar-refractivity contribution in [2.24, 2.45) is 0 Å². The lowest BCUT2D eigenvalue weighted by Crippen LogP contribution is -2.32. The topological polar surface area (TPSA) is 102 Å². The van der Waals surface area contributed by atoms with Gasteiger partial charge in [-0.3, -0.25) is 9.59 Å². The molecule has 0 fully saturated rings. The summed E-state index contributed by atoms with van der Waals surface area (Å²) in [5.74, 6) is -1.26. The number of nitrogens with zero attached hydrogens (tertiary/aromatic N) is 2. The Morgan fingerprint density at radius 1 is 0.824 bits per heavy atom. The van der Waals surface area contributed by atoms with E-state index in [9.17, 15) is 35.9 Å². The van der Waals surface area contributed by atoms with Gasteiger partial charge < -0.3 is 20.1 Å². The molecule has 0 radical (unpaired) electrons. The minimum Gasteiger partial charge on any atom is -0.482 e. The fourth-order valence-corrected chi connectivity index (χ4v) is 2.26. The summed E-state index contributed by atoms with van der Waals surface area (Å²) in [5, 5.41) is 4.85. The van der Waals surface area contributed by atoms with Gasteiger partial charge in [-0.1, -0.05) is 6.58 Å². The highest BCUT2D eigenvalue weighted by molar-refractivity contribution is 5.79. The highest BCUT2D eigenvalue weighted by Gasteiger charge is 2.32.